The molecule has 0 unspecified atom stereocenters. The quantitative estimate of drug-likeness (QED) is 0.850. The average molecular weight is 297 g/mol. The van der Waals surface area contributed by atoms with Crippen LogP contribution in [-0.4, -0.2) is 36.1 Å². The van der Waals surface area contributed by atoms with Gasteiger partial charge in [-0.1, -0.05) is 11.6 Å². The molecule has 1 fully saturated rings. The molecule has 2 rings (SSSR count). The lowest BCUT2D eigenvalue weighted by atomic mass is 10.3. The third-order valence-corrected chi connectivity index (χ3v) is 3.20. The van der Waals surface area contributed by atoms with E-state index < -0.39 is 0 Å². The number of esters is 1. The van der Waals surface area contributed by atoms with Gasteiger partial charge in [-0.3, -0.25) is 4.79 Å². The molecule has 1 aromatic carbocycles. The fourth-order valence-electron chi connectivity index (χ4n) is 1.83. The summed E-state index contributed by atoms with van der Waals surface area (Å²) in [6.45, 7) is 2.04. The lowest BCUT2D eigenvalue weighted by Crippen LogP contribution is -2.40. The largest absolute Gasteiger partial charge is 0.465 e. The van der Waals surface area contributed by atoms with E-state index in [1.807, 2.05) is 0 Å². The first kappa shape index (κ1) is 14.7. The van der Waals surface area contributed by atoms with Crippen LogP contribution in [0.5, 0.6) is 0 Å². The van der Waals surface area contributed by atoms with Crippen LogP contribution < -0.4 is 5.32 Å². The third-order valence-electron chi connectivity index (χ3n) is 2.95. The van der Waals surface area contributed by atoms with Gasteiger partial charge in [0.1, 0.15) is 6.54 Å². The van der Waals surface area contributed by atoms with Crippen LogP contribution in [0, 0.1) is 0 Å². The number of nitrogens with one attached hydrogen (secondary N) is 1. The number of hydrogen-bond acceptors (Lipinski definition) is 3. The molecular formula is C14H17ClN2O3. The summed E-state index contributed by atoms with van der Waals surface area (Å²) in [5.41, 5.74) is 0.647. The highest BCUT2D eigenvalue weighted by atomic mass is 35.5. The monoisotopic (exact) mass is 296 g/mol. The van der Waals surface area contributed by atoms with Crippen molar-refractivity contribution in [2.45, 2.75) is 25.8 Å². The molecule has 1 aliphatic carbocycles. The number of ether oxygens (including phenoxy) is 1. The molecule has 0 aliphatic heterocycles. The first-order valence-corrected chi connectivity index (χ1v) is 6.96. The second kappa shape index (κ2) is 6.61. The fourth-order valence-corrected chi connectivity index (χ4v) is 1.95. The molecule has 1 saturated carbocycles. The summed E-state index contributed by atoms with van der Waals surface area (Å²) in [6, 6.07) is 6.67. The Kier molecular flexibility index (Phi) is 4.84. The molecule has 1 aliphatic rings. The number of anilines is 1. The minimum absolute atomic E-state index is 0.0159. The Morgan fingerprint density at radius 2 is 2.00 bits per heavy atom. The lowest BCUT2D eigenvalue weighted by Gasteiger charge is -2.21. The highest BCUT2D eigenvalue weighted by Crippen LogP contribution is 2.27. The summed E-state index contributed by atoms with van der Waals surface area (Å²) >= 11 is 5.79. The molecular weight excluding hydrogens is 280 g/mol. The van der Waals surface area contributed by atoms with Crippen molar-refractivity contribution in [3.8, 4) is 0 Å². The SMILES string of the molecule is CCOC(=O)CN(C(=O)Nc1ccc(Cl)cc1)C1CC1. The maximum absolute atomic E-state index is 12.2. The maximum atomic E-state index is 12.2. The van der Waals surface area contributed by atoms with E-state index >= 15 is 0 Å². The fraction of sp³-hybridized carbons (Fsp3) is 0.429. The van der Waals surface area contributed by atoms with Gasteiger partial charge in [-0.15, -0.1) is 0 Å². The molecule has 0 bridgehead atoms. The first-order valence-electron chi connectivity index (χ1n) is 6.59. The second-order valence-corrected chi connectivity index (χ2v) is 5.04. The number of urea groups is 1. The Morgan fingerprint density at radius 3 is 2.55 bits per heavy atom. The number of hydrogen-bond donors (Lipinski definition) is 1. The van der Waals surface area contributed by atoms with E-state index in [2.05, 4.69) is 5.32 Å². The van der Waals surface area contributed by atoms with Gasteiger partial charge in [0.2, 0.25) is 0 Å². The molecule has 0 radical (unpaired) electrons. The van der Waals surface area contributed by atoms with E-state index in [4.69, 9.17) is 16.3 Å². The number of nitrogens with zero attached hydrogens (tertiary/aromatic N) is 1. The predicted molar refractivity (Wildman–Crippen MR) is 76.8 cm³/mol. The Hall–Kier alpha value is -1.75. The Morgan fingerprint density at radius 1 is 1.35 bits per heavy atom. The highest BCUT2D eigenvalue weighted by molar-refractivity contribution is 6.30. The van der Waals surface area contributed by atoms with Gasteiger partial charge in [0.25, 0.3) is 0 Å². The van der Waals surface area contributed by atoms with Crippen LogP contribution in [0.4, 0.5) is 10.5 Å². The second-order valence-electron chi connectivity index (χ2n) is 4.60. The molecule has 0 aromatic heterocycles. The normalized spacial score (nSPS) is 13.7. The minimum atomic E-state index is -0.384. The zero-order valence-corrected chi connectivity index (χ0v) is 12.0. The summed E-state index contributed by atoms with van der Waals surface area (Å²) < 4.78 is 4.89. The number of halogens is 1. The molecule has 0 spiro atoms. The molecule has 1 aromatic rings. The summed E-state index contributed by atoms with van der Waals surface area (Å²) in [5, 5.41) is 3.36. The Bertz CT molecular complexity index is 486. The number of amides is 2. The number of rotatable bonds is 5. The van der Waals surface area contributed by atoms with E-state index in [1.54, 1.807) is 31.2 Å². The standard InChI is InChI=1S/C14H17ClN2O3/c1-2-20-13(18)9-17(12-7-8-12)14(19)16-11-5-3-10(15)4-6-11/h3-6,12H,2,7-9H2,1H3,(H,16,19). The van der Waals surface area contributed by atoms with E-state index in [0.717, 1.165) is 12.8 Å². The molecule has 1 N–H and O–H groups in total. The lowest BCUT2D eigenvalue weighted by molar-refractivity contribution is -0.143. The van der Waals surface area contributed by atoms with Crippen molar-refractivity contribution in [2.75, 3.05) is 18.5 Å². The van der Waals surface area contributed by atoms with E-state index in [1.165, 1.54) is 4.90 Å². The van der Waals surface area contributed by atoms with Crippen molar-refractivity contribution in [3.63, 3.8) is 0 Å². The Balaban J connectivity index is 1.96. The van der Waals surface area contributed by atoms with Crippen LogP contribution in [0.25, 0.3) is 0 Å². The van der Waals surface area contributed by atoms with Crippen LogP contribution in [0.3, 0.4) is 0 Å². The van der Waals surface area contributed by atoms with E-state index in [-0.39, 0.29) is 24.6 Å². The minimum Gasteiger partial charge on any atom is -0.465 e. The van der Waals surface area contributed by atoms with Crippen molar-refractivity contribution in [1.29, 1.82) is 0 Å². The van der Waals surface area contributed by atoms with Gasteiger partial charge >= 0.3 is 12.0 Å². The molecule has 2 amide bonds. The molecule has 5 nitrogen and oxygen atoms in total. The van der Waals surface area contributed by atoms with Gasteiger partial charge in [0.05, 0.1) is 6.61 Å². The average Bonchev–Trinajstić information content (AvgIpc) is 3.23. The summed E-state index contributed by atoms with van der Waals surface area (Å²) in [6.07, 6.45) is 1.85. The van der Waals surface area contributed by atoms with Gasteiger partial charge in [-0.25, -0.2) is 4.79 Å². The van der Waals surface area contributed by atoms with Crippen LogP contribution in [0.1, 0.15) is 19.8 Å². The summed E-state index contributed by atoms with van der Waals surface area (Å²) in [5.74, 6) is -0.384. The van der Waals surface area contributed by atoms with Gasteiger partial charge in [-0.05, 0) is 44.0 Å². The molecule has 20 heavy (non-hydrogen) atoms. The van der Waals surface area contributed by atoms with Crippen molar-refractivity contribution >= 4 is 29.3 Å². The molecule has 0 atom stereocenters. The van der Waals surface area contributed by atoms with Gasteiger partial charge in [0.15, 0.2) is 0 Å². The van der Waals surface area contributed by atoms with Gasteiger partial charge in [0, 0.05) is 16.8 Å². The topological polar surface area (TPSA) is 58.6 Å². The predicted octanol–water partition coefficient (Wildman–Crippen LogP) is 2.90. The molecule has 6 heteroatoms. The summed E-state index contributed by atoms with van der Waals surface area (Å²) in [4.78, 5) is 25.2. The number of carbonyl (C=O) groups is 2. The number of benzene rings is 1. The Labute approximate surface area is 122 Å². The third kappa shape index (κ3) is 4.13. The molecule has 0 saturated heterocycles. The van der Waals surface area contributed by atoms with E-state index in [0.29, 0.717) is 17.3 Å². The molecule has 108 valence electrons. The zero-order valence-electron chi connectivity index (χ0n) is 11.3. The van der Waals surface area contributed by atoms with Crippen molar-refractivity contribution in [2.24, 2.45) is 0 Å². The van der Waals surface area contributed by atoms with Crippen molar-refractivity contribution in [1.82, 2.24) is 4.90 Å². The van der Waals surface area contributed by atoms with Crippen LogP contribution in [-0.2, 0) is 9.53 Å². The van der Waals surface area contributed by atoms with Gasteiger partial charge < -0.3 is 15.0 Å². The van der Waals surface area contributed by atoms with Crippen LogP contribution in [0.2, 0.25) is 5.02 Å². The number of carbonyl (C=O) groups excluding carboxylic acids is 2. The van der Waals surface area contributed by atoms with Crippen molar-refractivity contribution < 1.29 is 14.3 Å². The van der Waals surface area contributed by atoms with E-state index in [9.17, 15) is 9.59 Å². The van der Waals surface area contributed by atoms with Crippen LogP contribution >= 0.6 is 11.6 Å². The highest BCUT2D eigenvalue weighted by Gasteiger charge is 2.34. The smallest absolute Gasteiger partial charge is 0.325 e. The maximum Gasteiger partial charge on any atom is 0.325 e. The van der Waals surface area contributed by atoms with Crippen LogP contribution in [0.15, 0.2) is 24.3 Å². The molecule has 0 heterocycles. The zero-order chi connectivity index (χ0) is 14.5. The summed E-state index contributed by atoms with van der Waals surface area (Å²) in [7, 11) is 0. The van der Waals surface area contributed by atoms with Crippen molar-refractivity contribution in [3.05, 3.63) is 29.3 Å². The van der Waals surface area contributed by atoms with Gasteiger partial charge in [-0.2, -0.15) is 0 Å². The first-order chi connectivity index (χ1) is 9.60.